The number of esters is 1. The van der Waals surface area contributed by atoms with Gasteiger partial charge in [-0.1, -0.05) is 0 Å². The van der Waals surface area contributed by atoms with Crippen LogP contribution in [0.1, 0.15) is 13.3 Å². The molecule has 0 radical (unpaired) electrons. The lowest BCUT2D eigenvalue weighted by atomic mass is 10.5. The molecule has 0 aliphatic heterocycles. The zero-order chi connectivity index (χ0) is 10.3. The maximum Gasteiger partial charge on any atom is 0.325 e. The summed E-state index contributed by atoms with van der Waals surface area (Å²) < 4.78 is 19.5. The number of ether oxygens (including phenoxy) is 2. The van der Waals surface area contributed by atoms with Crippen LogP contribution in [0, 0.1) is 0 Å². The molecule has 0 aromatic rings. The lowest BCUT2D eigenvalue weighted by molar-refractivity contribution is -0.153. The fourth-order valence-corrected chi connectivity index (χ4v) is 1.10. The molecule has 6 nitrogen and oxygen atoms in total. The van der Waals surface area contributed by atoms with E-state index in [1.54, 1.807) is 0 Å². The lowest BCUT2D eigenvalue weighted by Gasteiger charge is -2.04. The van der Waals surface area contributed by atoms with Crippen LogP contribution in [0.3, 0.4) is 0 Å². The number of carbonyl (C=O) groups excluding carboxylic acids is 1. The van der Waals surface area contributed by atoms with Crippen molar-refractivity contribution in [1.82, 2.24) is 0 Å². The smallest absolute Gasteiger partial charge is 0.325 e. The summed E-state index contributed by atoms with van der Waals surface area (Å²) in [7, 11) is -3.92. The van der Waals surface area contributed by atoms with Gasteiger partial charge in [0, 0.05) is 6.92 Å². The van der Waals surface area contributed by atoms with Crippen molar-refractivity contribution < 1.29 is 28.6 Å². The minimum atomic E-state index is -3.92. The van der Waals surface area contributed by atoms with Crippen LogP contribution in [0.4, 0.5) is 0 Å². The van der Waals surface area contributed by atoms with Gasteiger partial charge in [-0.05, 0) is 6.42 Å². The predicted octanol–water partition coefficient (Wildman–Crippen LogP) is 0.0914. The molecule has 2 N–H and O–H groups in total. The molecule has 0 bridgehead atoms. The Morgan fingerprint density at radius 1 is 1.46 bits per heavy atom. The maximum absolute atomic E-state index is 10.3. The van der Waals surface area contributed by atoms with Crippen molar-refractivity contribution in [1.29, 1.82) is 0 Å². The van der Waals surface area contributed by atoms with Crippen LogP contribution >= 0.6 is 7.60 Å². The third-order valence-corrected chi connectivity index (χ3v) is 1.98. The first kappa shape index (κ1) is 12.6. The molecule has 0 unspecified atom stereocenters. The second kappa shape index (κ2) is 6.10. The van der Waals surface area contributed by atoms with Crippen LogP contribution in [0.25, 0.3) is 0 Å². The molecule has 0 heterocycles. The Labute approximate surface area is 76.0 Å². The van der Waals surface area contributed by atoms with Gasteiger partial charge in [0.25, 0.3) is 0 Å². The zero-order valence-corrected chi connectivity index (χ0v) is 8.20. The van der Waals surface area contributed by atoms with Gasteiger partial charge >= 0.3 is 13.6 Å². The molecule has 0 aliphatic carbocycles. The van der Waals surface area contributed by atoms with Gasteiger partial charge in [0.05, 0.1) is 12.8 Å². The highest BCUT2D eigenvalue weighted by molar-refractivity contribution is 7.51. The summed E-state index contributed by atoms with van der Waals surface area (Å²) in [6, 6.07) is 0. The summed E-state index contributed by atoms with van der Waals surface area (Å²) in [5.41, 5.74) is 0. The Balaban J connectivity index is 3.18. The van der Waals surface area contributed by atoms with E-state index in [9.17, 15) is 9.36 Å². The predicted molar refractivity (Wildman–Crippen MR) is 44.1 cm³/mol. The second-order valence-electron chi connectivity index (χ2n) is 2.40. The maximum atomic E-state index is 10.3. The normalized spacial score (nSPS) is 11.3. The van der Waals surface area contributed by atoms with E-state index in [2.05, 4.69) is 4.74 Å². The van der Waals surface area contributed by atoms with Crippen LogP contribution in [0.5, 0.6) is 0 Å². The minimum absolute atomic E-state index is 0.165. The molecule has 0 atom stereocenters. The van der Waals surface area contributed by atoms with Gasteiger partial charge < -0.3 is 19.3 Å². The average molecular weight is 212 g/mol. The summed E-state index contributed by atoms with van der Waals surface area (Å²) in [4.78, 5) is 27.1. The molecular weight excluding hydrogens is 199 g/mol. The van der Waals surface area contributed by atoms with Crippen molar-refractivity contribution in [3.63, 3.8) is 0 Å². The topological polar surface area (TPSA) is 93.1 Å². The summed E-state index contributed by atoms with van der Waals surface area (Å²) in [5.74, 6) is -0.449. The van der Waals surface area contributed by atoms with Crippen LogP contribution in [-0.4, -0.2) is 35.3 Å². The molecule has 13 heavy (non-hydrogen) atoms. The fraction of sp³-hybridized carbons (Fsp3) is 0.833. The van der Waals surface area contributed by atoms with Gasteiger partial charge in [-0.15, -0.1) is 0 Å². The highest BCUT2D eigenvalue weighted by Gasteiger charge is 2.11. The van der Waals surface area contributed by atoms with Gasteiger partial charge in [0.15, 0.2) is 6.79 Å². The second-order valence-corrected chi connectivity index (χ2v) is 4.18. The SMILES string of the molecule is CC(=O)OCOCCCP(=O)(O)O. The molecule has 0 spiro atoms. The Kier molecular flexibility index (Phi) is 5.90. The summed E-state index contributed by atoms with van der Waals surface area (Å²) in [6.07, 6.45) is 0.0264. The monoisotopic (exact) mass is 212 g/mol. The molecule has 0 rings (SSSR count). The minimum Gasteiger partial charge on any atom is -0.439 e. The molecule has 0 aliphatic rings. The van der Waals surface area contributed by atoms with Gasteiger partial charge in [-0.2, -0.15) is 0 Å². The molecule has 78 valence electrons. The van der Waals surface area contributed by atoms with Crippen molar-refractivity contribution in [2.75, 3.05) is 19.6 Å². The Morgan fingerprint density at radius 3 is 2.54 bits per heavy atom. The number of rotatable bonds is 6. The van der Waals surface area contributed by atoms with Gasteiger partial charge in [-0.25, -0.2) is 0 Å². The van der Waals surface area contributed by atoms with Gasteiger partial charge in [0.2, 0.25) is 0 Å². The average Bonchev–Trinajstić information content (AvgIpc) is 1.93. The van der Waals surface area contributed by atoms with E-state index in [4.69, 9.17) is 14.5 Å². The van der Waals surface area contributed by atoms with E-state index in [1.165, 1.54) is 6.92 Å². The number of carbonyl (C=O) groups is 1. The fourth-order valence-electron chi connectivity index (χ4n) is 0.556. The molecule has 0 fully saturated rings. The third-order valence-electron chi connectivity index (χ3n) is 1.08. The standard InChI is InChI=1S/C6H13O6P/c1-6(7)12-5-11-3-2-4-13(8,9)10/h2-5H2,1H3,(H2,8,9,10). The zero-order valence-electron chi connectivity index (χ0n) is 7.30. The van der Waals surface area contributed by atoms with Crippen LogP contribution in [0.15, 0.2) is 0 Å². The van der Waals surface area contributed by atoms with Crippen LogP contribution in [-0.2, 0) is 18.8 Å². The Hall–Kier alpha value is -0.420. The largest absolute Gasteiger partial charge is 0.439 e. The van der Waals surface area contributed by atoms with E-state index in [0.29, 0.717) is 0 Å². The number of hydrogen-bond acceptors (Lipinski definition) is 4. The van der Waals surface area contributed by atoms with E-state index < -0.39 is 13.6 Å². The first-order valence-corrected chi connectivity index (χ1v) is 5.47. The summed E-state index contributed by atoms with van der Waals surface area (Å²) >= 11 is 0. The highest BCUT2D eigenvalue weighted by atomic mass is 31.2. The Bertz CT molecular complexity index is 197. The quantitative estimate of drug-likeness (QED) is 0.280. The third kappa shape index (κ3) is 11.6. The summed E-state index contributed by atoms with van der Waals surface area (Å²) in [5, 5.41) is 0. The van der Waals surface area contributed by atoms with Crippen LogP contribution in [0.2, 0.25) is 0 Å². The summed E-state index contributed by atoms with van der Waals surface area (Å²) in [6.45, 7) is 1.24. The molecule has 0 amide bonds. The van der Waals surface area contributed by atoms with Crippen molar-refractivity contribution in [3.8, 4) is 0 Å². The Morgan fingerprint density at radius 2 is 2.08 bits per heavy atom. The van der Waals surface area contributed by atoms with Crippen molar-refractivity contribution in [2.24, 2.45) is 0 Å². The number of hydrogen-bond donors (Lipinski definition) is 2. The lowest BCUT2D eigenvalue weighted by Crippen LogP contribution is -2.06. The van der Waals surface area contributed by atoms with Gasteiger partial charge in [0.1, 0.15) is 0 Å². The first-order chi connectivity index (χ1) is 5.92. The highest BCUT2D eigenvalue weighted by Crippen LogP contribution is 2.34. The van der Waals surface area contributed by atoms with E-state index in [1.807, 2.05) is 0 Å². The molecule has 0 aromatic heterocycles. The van der Waals surface area contributed by atoms with Crippen LogP contribution < -0.4 is 0 Å². The molecular formula is C6H13O6P. The van der Waals surface area contributed by atoms with Gasteiger partial charge in [-0.3, -0.25) is 9.36 Å². The van der Waals surface area contributed by atoms with E-state index in [-0.39, 0.29) is 26.0 Å². The van der Waals surface area contributed by atoms with E-state index >= 15 is 0 Å². The van der Waals surface area contributed by atoms with Crippen molar-refractivity contribution >= 4 is 13.6 Å². The van der Waals surface area contributed by atoms with Crippen molar-refractivity contribution in [3.05, 3.63) is 0 Å². The van der Waals surface area contributed by atoms with Crippen molar-refractivity contribution in [2.45, 2.75) is 13.3 Å². The molecule has 0 saturated carbocycles. The molecule has 0 aromatic carbocycles. The molecule has 0 saturated heterocycles. The van der Waals surface area contributed by atoms with E-state index in [0.717, 1.165) is 0 Å². The first-order valence-electron chi connectivity index (χ1n) is 3.67. The molecule has 7 heteroatoms.